The van der Waals surface area contributed by atoms with E-state index in [-0.39, 0.29) is 11.2 Å². The van der Waals surface area contributed by atoms with E-state index in [4.69, 9.17) is 18.8 Å². The smallest absolute Gasteiger partial charge is 0.465 e. The molecule has 0 aliphatic carbocycles. The second-order valence-corrected chi connectivity index (χ2v) is 10.6. The van der Waals surface area contributed by atoms with Gasteiger partial charge < -0.3 is 18.8 Å². The fourth-order valence-electron chi connectivity index (χ4n) is 3.92. The van der Waals surface area contributed by atoms with Crippen molar-refractivity contribution in [1.82, 2.24) is 0 Å². The predicted molar refractivity (Wildman–Crippen MR) is 124 cm³/mol. The van der Waals surface area contributed by atoms with E-state index in [1.54, 1.807) is 13.2 Å². The van der Waals surface area contributed by atoms with Crippen LogP contribution in [0.1, 0.15) is 67.4 Å². The maximum atomic E-state index is 14.7. The third-order valence-corrected chi connectivity index (χ3v) is 6.34. The van der Waals surface area contributed by atoms with Crippen LogP contribution in [-0.4, -0.2) is 31.7 Å². The van der Waals surface area contributed by atoms with Crippen LogP contribution in [0.25, 0.3) is 10.8 Å². The molecule has 0 bridgehead atoms. The van der Waals surface area contributed by atoms with E-state index < -0.39 is 24.6 Å². The molecule has 4 nitrogen and oxygen atoms in total. The molecule has 1 heterocycles. The van der Waals surface area contributed by atoms with Crippen molar-refractivity contribution in [2.75, 3.05) is 7.11 Å². The number of fused-ring (bicyclic) bond motifs is 1. The molecule has 1 saturated heterocycles. The maximum absolute atomic E-state index is 14.7. The lowest BCUT2D eigenvalue weighted by atomic mass is 9.74. The summed E-state index contributed by atoms with van der Waals surface area (Å²) in [4.78, 5) is 0. The Morgan fingerprint density at radius 3 is 2.19 bits per heavy atom. The Kier molecular flexibility index (Phi) is 6.49. The number of hydrogen-bond acceptors (Lipinski definition) is 4. The summed E-state index contributed by atoms with van der Waals surface area (Å²) in [6, 6.07) is 7.16. The third kappa shape index (κ3) is 4.91. The molecule has 1 fully saturated rings. The molecule has 0 aromatic heterocycles. The molecule has 6 heteroatoms. The van der Waals surface area contributed by atoms with Gasteiger partial charge in [0.25, 0.3) is 0 Å². The molecule has 0 amide bonds. The Bertz CT molecular complexity index is 933. The minimum absolute atomic E-state index is 0.0462. The molecule has 1 aliphatic rings. The van der Waals surface area contributed by atoms with Crippen LogP contribution in [0.5, 0.6) is 5.75 Å². The van der Waals surface area contributed by atoms with E-state index in [0.717, 1.165) is 22.7 Å². The van der Waals surface area contributed by atoms with Crippen molar-refractivity contribution >= 4 is 23.4 Å². The van der Waals surface area contributed by atoms with Gasteiger partial charge in [0.2, 0.25) is 0 Å². The van der Waals surface area contributed by atoms with Crippen LogP contribution in [0.15, 0.2) is 24.3 Å². The fraction of sp³-hybridized carbons (Fsp3) is 0.600. The molecule has 3 rings (SSSR count). The average Bonchev–Trinajstić information content (AvgIpc) is 2.87. The minimum Gasteiger partial charge on any atom is -0.465 e. The number of aryl methyl sites for hydroxylation is 1. The molecule has 0 radical (unpaired) electrons. The molecule has 170 valence electrons. The van der Waals surface area contributed by atoms with Crippen LogP contribution in [0.2, 0.25) is 0 Å². The first-order valence-corrected chi connectivity index (χ1v) is 11.1. The largest absolute Gasteiger partial charge is 0.495 e. The maximum Gasteiger partial charge on any atom is 0.495 e. The zero-order chi connectivity index (χ0) is 23.2. The van der Waals surface area contributed by atoms with Crippen molar-refractivity contribution < 1.29 is 23.2 Å². The lowest BCUT2D eigenvalue weighted by molar-refractivity contribution is -0.0755. The Morgan fingerprint density at radius 1 is 1.06 bits per heavy atom. The highest BCUT2D eigenvalue weighted by Gasteiger charge is 2.52. The second-order valence-electron chi connectivity index (χ2n) is 10.6. The van der Waals surface area contributed by atoms with Crippen molar-refractivity contribution in [3.05, 3.63) is 35.6 Å². The minimum atomic E-state index is -0.619. The first kappa shape index (κ1) is 24.0. The standard InChI is InChI=1S/C25H36BFO4/c1-10-18-20(27)12-11-16-13-17(29-21(28-9)15-23(2,3)4)14-19(22(16)18)26-30-24(5,6)25(7,8)31-26/h11-14,21H,10,15H2,1-9H3. The van der Waals surface area contributed by atoms with Gasteiger partial charge in [-0.15, -0.1) is 0 Å². The predicted octanol–water partition coefficient (Wildman–Crippen LogP) is 5.63. The zero-order valence-electron chi connectivity index (χ0n) is 20.4. The molecular weight excluding hydrogens is 394 g/mol. The summed E-state index contributed by atoms with van der Waals surface area (Å²) in [5.41, 5.74) is 0.494. The van der Waals surface area contributed by atoms with E-state index in [1.807, 2.05) is 46.8 Å². The first-order chi connectivity index (χ1) is 14.3. The Morgan fingerprint density at radius 2 is 1.68 bits per heavy atom. The highest BCUT2D eigenvalue weighted by molar-refractivity contribution is 6.65. The zero-order valence-corrected chi connectivity index (χ0v) is 20.4. The van der Waals surface area contributed by atoms with Crippen molar-refractivity contribution in [3.63, 3.8) is 0 Å². The van der Waals surface area contributed by atoms with Gasteiger partial charge in [-0.25, -0.2) is 4.39 Å². The van der Waals surface area contributed by atoms with Crippen LogP contribution < -0.4 is 10.2 Å². The lowest BCUT2D eigenvalue weighted by Gasteiger charge is -2.32. The number of ether oxygens (including phenoxy) is 2. The van der Waals surface area contributed by atoms with Gasteiger partial charge in [0.1, 0.15) is 11.6 Å². The van der Waals surface area contributed by atoms with Crippen molar-refractivity contribution in [3.8, 4) is 5.75 Å². The van der Waals surface area contributed by atoms with Gasteiger partial charge in [0.05, 0.1) is 11.2 Å². The van der Waals surface area contributed by atoms with Crippen LogP contribution >= 0.6 is 0 Å². The van der Waals surface area contributed by atoms with Gasteiger partial charge >= 0.3 is 7.12 Å². The Hall–Kier alpha value is -1.63. The summed E-state index contributed by atoms with van der Waals surface area (Å²) in [5.74, 6) is 0.436. The number of halogens is 1. The van der Waals surface area contributed by atoms with Crippen LogP contribution in [-0.2, 0) is 20.5 Å². The van der Waals surface area contributed by atoms with E-state index in [0.29, 0.717) is 17.7 Å². The van der Waals surface area contributed by atoms with Gasteiger partial charge in [-0.3, -0.25) is 0 Å². The van der Waals surface area contributed by atoms with Crippen LogP contribution in [0.4, 0.5) is 4.39 Å². The normalized spacial score (nSPS) is 19.1. The highest BCUT2D eigenvalue weighted by Crippen LogP contribution is 2.38. The number of hydrogen-bond donors (Lipinski definition) is 0. The van der Waals surface area contributed by atoms with E-state index in [9.17, 15) is 4.39 Å². The van der Waals surface area contributed by atoms with Gasteiger partial charge in [-0.05, 0) is 79.5 Å². The number of rotatable bonds is 6. The molecule has 1 unspecified atom stereocenters. The van der Waals surface area contributed by atoms with Gasteiger partial charge in [0, 0.05) is 13.5 Å². The van der Waals surface area contributed by atoms with E-state index >= 15 is 0 Å². The molecule has 2 aromatic carbocycles. The van der Waals surface area contributed by atoms with Gasteiger partial charge in [0.15, 0.2) is 6.29 Å². The van der Waals surface area contributed by atoms with Crippen LogP contribution in [0, 0.1) is 11.2 Å². The molecule has 0 saturated carbocycles. The molecule has 1 aliphatic heterocycles. The van der Waals surface area contributed by atoms with E-state index in [2.05, 4.69) is 20.8 Å². The monoisotopic (exact) mass is 430 g/mol. The molecule has 31 heavy (non-hydrogen) atoms. The van der Waals surface area contributed by atoms with E-state index in [1.165, 1.54) is 6.07 Å². The molecular formula is C25H36BFO4. The highest BCUT2D eigenvalue weighted by atomic mass is 19.1. The number of methoxy groups -OCH3 is 1. The Balaban J connectivity index is 2.13. The summed E-state index contributed by atoms with van der Waals surface area (Å²) in [6.07, 6.45) is 0.909. The SMILES string of the molecule is CCc1c(F)ccc2cc(OC(CC(C)(C)C)OC)cc(B3OC(C)(C)C(C)(C)O3)c12. The van der Waals surface area contributed by atoms with Crippen LogP contribution in [0.3, 0.4) is 0 Å². The summed E-state index contributed by atoms with van der Waals surface area (Å²) in [6.45, 7) is 16.5. The second kappa shape index (κ2) is 8.38. The lowest BCUT2D eigenvalue weighted by Crippen LogP contribution is -2.41. The van der Waals surface area contributed by atoms with Gasteiger partial charge in [-0.1, -0.05) is 33.8 Å². The summed E-state index contributed by atoms with van der Waals surface area (Å²) in [5, 5.41) is 1.73. The quantitative estimate of drug-likeness (QED) is 0.440. The third-order valence-electron chi connectivity index (χ3n) is 6.34. The molecule has 2 aromatic rings. The molecule has 0 N–H and O–H groups in total. The average molecular weight is 430 g/mol. The summed E-state index contributed by atoms with van der Waals surface area (Å²) < 4.78 is 39.2. The summed E-state index contributed by atoms with van der Waals surface area (Å²) >= 11 is 0. The van der Waals surface area contributed by atoms with Crippen molar-refractivity contribution in [2.45, 2.75) is 85.7 Å². The first-order valence-electron chi connectivity index (χ1n) is 11.1. The van der Waals surface area contributed by atoms with Crippen molar-refractivity contribution in [1.29, 1.82) is 0 Å². The fourth-order valence-corrected chi connectivity index (χ4v) is 3.92. The van der Waals surface area contributed by atoms with Gasteiger partial charge in [-0.2, -0.15) is 0 Å². The number of benzene rings is 2. The Labute approximate surface area is 186 Å². The molecule has 1 atom stereocenters. The van der Waals surface area contributed by atoms with Crippen molar-refractivity contribution in [2.24, 2.45) is 5.41 Å². The summed E-state index contributed by atoms with van der Waals surface area (Å²) in [7, 11) is 1.03. The molecule has 0 spiro atoms. The topological polar surface area (TPSA) is 36.9 Å².